The number of nitrogens with one attached hydrogen (secondary N) is 1. The molecule has 0 unspecified atom stereocenters. The molecule has 2 aromatic rings. The highest BCUT2D eigenvalue weighted by atomic mass is 127. The number of ether oxygens (including phenoxy) is 2. The summed E-state index contributed by atoms with van der Waals surface area (Å²) in [6.45, 7) is 1.51. The normalized spacial score (nSPS) is 10.8. The fourth-order valence-corrected chi connectivity index (χ4v) is 1.97. The second-order valence-electron chi connectivity index (χ2n) is 4.62. The van der Waals surface area contributed by atoms with E-state index in [1.54, 1.807) is 26.7 Å². The Morgan fingerprint density at radius 1 is 1.30 bits per heavy atom. The number of aromatic nitrogens is 2. The maximum Gasteiger partial charge on any atom is 0.193 e. The van der Waals surface area contributed by atoms with Gasteiger partial charge in [-0.25, -0.2) is 4.98 Å². The van der Waals surface area contributed by atoms with E-state index in [-0.39, 0.29) is 24.0 Å². The zero-order valence-corrected chi connectivity index (χ0v) is 15.6. The molecule has 3 N–H and O–H groups in total. The maximum atomic E-state index is 5.87. The molecule has 0 radical (unpaired) electrons. The summed E-state index contributed by atoms with van der Waals surface area (Å²) < 4.78 is 12.4. The minimum absolute atomic E-state index is 0. The zero-order chi connectivity index (χ0) is 15.8. The van der Waals surface area contributed by atoms with Crippen LogP contribution in [0.15, 0.2) is 41.9 Å². The topological polar surface area (TPSA) is 86.7 Å². The highest BCUT2D eigenvalue weighted by Gasteiger charge is 2.04. The molecule has 0 spiro atoms. The number of rotatable bonds is 7. The predicted octanol–water partition coefficient (Wildman–Crippen LogP) is 2.34. The minimum atomic E-state index is 0. The van der Waals surface area contributed by atoms with Crippen molar-refractivity contribution in [3.8, 4) is 11.5 Å². The first-order chi connectivity index (χ1) is 10.7. The number of benzene rings is 1. The average Bonchev–Trinajstić information content (AvgIpc) is 3.04. The summed E-state index contributed by atoms with van der Waals surface area (Å²) in [5.74, 6) is 1.68. The molecule has 0 aliphatic rings. The summed E-state index contributed by atoms with van der Waals surface area (Å²) in [5, 5.41) is 3.03. The van der Waals surface area contributed by atoms with Crippen LogP contribution in [0, 0.1) is 0 Å². The van der Waals surface area contributed by atoms with Crippen molar-refractivity contribution < 1.29 is 9.47 Å². The molecule has 0 fully saturated rings. The molecule has 0 aliphatic carbocycles. The molecule has 7 nitrogen and oxygen atoms in total. The van der Waals surface area contributed by atoms with E-state index < -0.39 is 0 Å². The summed E-state index contributed by atoms with van der Waals surface area (Å²) in [7, 11) is 3.19. The van der Waals surface area contributed by atoms with E-state index >= 15 is 0 Å². The van der Waals surface area contributed by atoms with Gasteiger partial charge >= 0.3 is 0 Å². The van der Waals surface area contributed by atoms with Crippen molar-refractivity contribution in [3.05, 3.63) is 36.9 Å². The lowest BCUT2D eigenvalue weighted by Gasteiger charge is -2.11. The molecule has 0 aliphatic heterocycles. The van der Waals surface area contributed by atoms with Gasteiger partial charge < -0.3 is 25.1 Å². The number of hydrogen-bond acceptors (Lipinski definition) is 4. The fraction of sp³-hybridized carbons (Fsp3) is 0.333. The molecule has 23 heavy (non-hydrogen) atoms. The molecule has 0 saturated carbocycles. The van der Waals surface area contributed by atoms with Crippen LogP contribution in [0.4, 0.5) is 5.69 Å². The van der Waals surface area contributed by atoms with Gasteiger partial charge in [-0.05, 0) is 18.6 Å². The van der Waals surface area contributed by atoms with Gasteiger partial charge in [-0.3, -0.25) is 4.99 Å². The van der Waals surface area contributed by atoms with E-state index in [1.165, 1.54) is 0 Å². The van der Waals surface area contributed by atoms with Crippen molar-refractivity contribution in [1.82, 2.24) is 9.55 Å². The maximum absolute atomic E-state index is 5.87. The summed E-state index contributed by atoms with van der Waals surface area (Å²) >= 11 is 0. The summed E-state index contributed by atoms with van der Waals surface area (Å²) in [5.41, 5.74) is 6.67. The lowest BCUT2D eigenvalue weighted by atomic mass is 10.3. The molecule has 0 amide bonds. The third kappa shape index (κ3) is 5.97. The molecule has 126 valence electrons. The van der Waals surface area contributed by atoms with E-state index in [2.05, 4.69) is 15.3 Å². The third-order valence-corrected chi connectivity index (χ3v) is 3.07. The smallest absolute Gasteiger partial charge is 0.193 e. The van der Waals surface area contributed by atoms with Gasteiger partial charge in [0.2, 0.25) is 0 Å². The Bertz CT molecular complexity index is 616. The second-order valence-corrected chi connectivity index (χ2v) is 4.62. The Morgan fingerprint density at radius 2 is 2.09 bits per heavy atom. The van der Waals surface area contributed by atoms with Gasteiger partial charge in [0.05, 0.1) is 20.5 Å². The van der Waals surface area contributed by atoms with Crippen LogP contribution in [0.1, 0.15) is 6.42 Å². The Hall–Kier alpha value is -1.97. The lowest BCUT2D eigenvalue weighted by molar-refractivity contribution is 0.355. The predicted molar refractivity (Wildman–Crippen MR) is 102 cm³/mol. The fourth-order valence-electron chi connectivity index (χ4n) is 1.97. The number of nitrogens with two attached hydrogens (primary N) is 1. The summed E-state index contributed by atoms with van der Waals surface area (Å²) in [6.07, 6.45) is 6.37. The van der Waals surface area contributed by atoms with Crippen LogP contribution in [0.25, 0.3) is 0 Å². The molecule has 1 aromatic heterocycles. The molecule has 0 bridgehead atoms. The van der Waals surface area contributed by atoms with Crippen LogP contribution in [0.5, 0.6) is 11.5 Å². The zero-order valence-electron chi connectivity index (χ0n) is 13.2. The van der Waals surface area contributed by atoms with Crippen molar-refractivity contribution in [3.63, 3.8) is 0 Å². The van der Waals surface area contributed by atoms with E-state index in [0.29, 0.717) is 24.0 Å². The number of guanidine groups is 1. The monoisotopic (exact) mass is 431 g/mol. The number of aliphatic imine (C=N–C) groups is 1. The van der Waals surface area contributed by atoms with Crippen molar-refractivity contribution in [2.45, 2.75) is 13.0 Å². The number of methoxy groups -OCH3 is 2. The Kier molecular flexibility index (Phi) is 8.23. The van der Waals surface area contributed by atoms with Crippen LogP contribution >= 0.6 is 24.0 Å². The van der Waals surface area contributed by atoms with Crippen LogP contribution in [-0.4, -0.2) is 36.3 Å². The summed E-state index contributed by atoms with van der Waals surface area (Å²) in [6, 6.07) is 5.48. The van der Waals surface area contributed by atoms with Gasteiger partial charge in [0.15, 0.2) is 17.5 Å². The number of aryl methyl sites for hydroxylation is 1. The highest BCUT2D eigenvalue weighted by Crippen LogP contribution is 2.29. The third-order valence-electron chi connectivity index (χ3n) is 3.07. The first kappa shape index (κ1) is 19.1. The van der Waals surface area contributed by atoms with Gasteiger partial charge in [0.1, 0.15) is 0 Å². The quantitative estimate of drug-likeness (QED) is 0.304. The Morgan fingerprint density at radius 3 is 2.74 bits per heavy atom. The van der Waals surface area contributed by atoms with Crippen LogP contribution in [0.3, 0.4) is 0 Å². The lowest BCUT2D eigenvalue weighted by Crippen LogP contribution is -2.23. The number of anilines is 1. The van der Waals surface area contributed by atoms with Gasteiger partial charge in [0, 0.05) is 37.2 Å². The molecular weight excluding hydrogens is 409 g/mol. The van der Waals surface area contributed by atoms with Crippen molar-refractivity contribution in [2.24, 2.45) is 10.7 Å². The van der Waals surface area contributed by atoms with Gasteiger partial charge in [-0.15, -0.1) is 24.0 Å². The minimum Gasteiger partial charge on any atom is -0.493 e. The van der Waals surface area contributed by atoms with Crippen LogP contribution < -0.4 is 20.5 Å². The number of halogens is 1. The molecular formula is C15H22IN5O2. The van der Waals surface area contributed by atoms with Crippen LogP contribution in [0.2, 0.25) is 0 Å². The first-order valence-corrected chi connectivity index (χ1v) is 6.97. The number of imidazole rings is 1. The Balaban J connectivity index is 0.00000264. The molecule has 2 rings (SSSR count). The molecule has 1 aromatic carbocycles. The molecule has 1 heterocycles. The SMILES string of the molecule is COc1ccc(NC(N)=NCCCn2ccnc2)cc1OC.I. The van der Waals surface area contributed by atoms with E-state index in [0.717, 1.165) is 18.7 Å². The Labute approximate surface area is 152 Å². The first-order valence-electron chi connectivity index (χ1n) is 6.97. The standard InChI is InChI=1S/C15H21N5O2.HI/c1-21-13-5-4-12(10-14(13)22-2)19-15(16)18-6-3-8-20-9-7-17-11-20;/h4-5,7,9-11H,3,6,8H2,1-2H3,(H3,16,18,19);1H. The molecule has 0 atom stereocenters. The van der Waals surface area contributed by atoms with Crippen LogP contribution in [-0.2, 0) is 6.54 Å². The largest absolute Gasteiger partial charge is 0.493 e. The van der Waals surface area contributed by atoms with Gasteiger partial charge in [0.25, 0.3) is 0 Å². The van der Waals surface area contributed by atoms with Gasteiger partial charge in [-0.1, -0.05) is 0 Å². The van der Waals surface area contributed by atoms with Crippen molar-refractivity contribution in [2.75, 3.05) is 26.1 Å². The second kappa shape index (κ2) is 9.93. The highest BCUT2D eigenvalue weighted by molar-refractivity contribution is 14.0. The molecule has 8 heteroatoms. The van der Waals surface area contributed by atoms with E-state index in [1.807, 2.05) is 29.0 Å². The van der Waals surface area contributed by atoms with E-state index in [9.17, 15) is 0 Å². The van der Waals surface area contributed by atoms with Crippen molar-refractivity contribution in [1.29, 1.82) is 0 Å². The number of hydrogen-bond donors (Lipinski definition) is 2. The summed E-state index contributed by atoms with van der Waals surface area (Å²) in [4.78, 5) is 8.28. The van der Waals surface area contributed by atoms with Gasteiger partial charge in [-0.2, -0.15) is 0 Å². The molecule has 0 saturated heterocycles. The number of nitrogens with zero attached hydrogens (tertiary/aromatic N) is 3. The van der Waals surface area contributed by atoms with Crippen molar-refractivity contribution >= 4 is 35.6 Å². The van der Waals surface area contributed by atoms with E-state index in [4.69, 9.17) is 15.2 Å². The average molecular weight is 431 g/mol.